The molecule has 1 aliphatic heterocycles. The zero-order valence-corrected chi connectivity index (χ0v) is 23.2. The highest BCUT2D eigenvalue weighted by Gasteiger charge is 2.28. The van der Waals surface area contributed by atoms with Gasteiger partial charge in [-0.3, -0.25) is 4.68 Å². The van der Waals surface area contributed by atoms with Gasteiger partial charge in [0.2, 0.25) is 5.95 Å². The van der Waals surface area contributed by atoms with E-state index >= 15 is 0 Å². The van der Waals surface area contributed by atoms with Gasteiger partial charge in [0.05, 0.1) is 29.4 Å². The predicted molar refractivity (Wildman–Crippen MR) is 153 cm³/mol. The molecule has 0 radical (unpaired) electrons. The minimum atomic E-state index is -1.34. The van der Waals surface area contributed by atoms with Crippen LogP contribution in [0, 0.1) is 5.82 Å². The van der Waals surface area contributed by atoms with Crippen molar-refractivity contribution in [3.63, 3.8) is 0 Å². The molecule has 3 N–H and O–H groups in total. The third kappa shape index (κ3) is 5.48. The van der Waals surface area contributed by atoms with Crippen LogP contribution in [0.5, 0.6) is 0 Å². The number of H-pyrrole nitrogens is 1. The summed E-state index contributed by atoms with van der Waals surface area (Å²) in [5, 5.41) is 26.5. The standard InChI is InChI=1S/C29H32FN9O2/c1-28(2,40)17-39-16-19(13-35-39)24-12-23-25(36-24)33-18-34-26(23)37-8-10-38(11-9-37)27-31-14-21(15-32-27)29(3,41)20-4-6-22(30)7-5-20/h4-7,12-16,18,40-41H,8-11,17H2,1-3H3,(H,33,34,36). The third-order valence-electron chi connectivity index (χ3n) is 7.37. The number of hydrogen-bond donors (Lipinski definition) is 3. The van der Waals surface area contributed by atoms with Gasteiger partial charge in [0.1, 0.15) is 29.2 Å². The zero-order chi connectivity index (χ0) is 28.8. The first kappa shape index (κ1) is 26.8. The summed E-state index contributed by atoms with van der Waals surface area (Å²) >= 11 is 0. The molecule has 1 saturated heterocycles. The summed E-state index contributed by atoms with van der Waals surface area (Å²) < 4.78 is 15.1. The number of aromatic nitrogens is 7. The minimum absolute atomic E-state index is 0.356. The van der Waals surface area contributed by atoms with Crippen LogP contribution in [0.2, 0.25) is 0 Å². The van der Waals surface area contributed by atoms with Gasteiger partial charge in [-0.2, -0.15) is 5.10 Å². The molecule has 0 saturated carbocycles. The average Bonchev–Trinajstić information content (AvgIpc) is 3.59. The van der Waals surface area contributed by atoms with Crippen LogP contribution in [0.1, 0.15) is 31.9 Å². The molecule has 0 spiro atoms. The first-order valence-corrected chi connectivity index (χ1v) is 13.5. The Morgan fingerprint density at radius 3 is 2.24 bits per heavy atom. The second-order valence-electron chi connectivity index (χ2n) is 11.2. The van der Waals surface area contributed by atoms with E-state index in [0.29, 0.717) is 49.8 Å². The Kier molecular flexibility index (Phi) is 6.66. The Morgan fingerprint density at radius 2 is 1.56 bits per heavy atom. The number of piperazine rings is 1. The lowest BCUT2D eigenvalue weighted by atomic mass is 9.90. The molecule has 4 aromatic heterocycles. The molecule has 1 atom stereocenters. The fourth-order valence-corrected chi connectivity index (χ4v) is 5.12. The molecular formula is C29H32FN9O2. The molecule has 11 nitrogen and oxygen atoms in total. The molecular weight excluding hydrogens is 525 g/mol. The van der Waals surface area contributed by atoms with E-state index in [9.17, 15) is 14.6 Å². The van der Waals surface area contributed by atoms with Gasteiger partial charge in [-0.1, -0.05) is 12.1 Å². The van der Waals surface area contributed by atoms with Crippen LogP contribution in [0.3, 0.4) is 0 Å². The van der Waals surface area contributed by atoms with Gasteiger partial charge in [-0.05, 0) is 44.5 Å². The number of benzene rings is 1. The van der Waals surface area contributed by atoms with E-state index in [1.165, 1.54) is 12.1 Å². The Bertz CT molecular complexity index is 1650. The summed E-state index contributed by atoms with van der Waals surface area (Å²) in [4.78, 5) is 25.8. The van der Waals surface area contributed by atoms with Gasteiger partial charge >= 0.3 is 0 Å². The summed E-state index contributed by atoms with van der Waals surface area (Å²) in [6.07, 6.45) is 8.48. The van der Waals surface area contributed by atoms with E-state index in [2.05, 4.69) is 39.8 Å². The maximum absolute atomic E-state index is 13.3. The number of nitrogens with zero attached hydrogens (tertiary/aromatic N) is 8. The Morgan fingerprint density at radius 1 is 0.878 bits per heavy atom. The van der Waals surface area contributed by atoms with Crippen molar-refractivity contribution in [2.45, 2.75) is 38.5 Å². The van der Waals surface area contributed by atoms with Crippen LogP contribution in [0.4, 0.5) is 16.2 Å². The predicted octanol–water partition coefficient (Wildman–Crippen LogP) is 3.10. The summed E-state index contributed by atoms with van der Waals surface area (Å²) in [7, 11) is 0. The highest BCUT2D eigenvalue weighted by Crippen LogP contribution is 2.31. The van der Waals surface area contributed by atoms with Crippen molar-refractivity contribution in [2.24, 2.45) is 0 Å². The van der Waals surface area contributed by atoms with Crippen LogP contribution in [-0.2, 0) is 12.1 Å². The number of aromatic amines is 1. The number of rotatable bonds is 7. The summed E-state index contributed by atoms with van der Waals surface area (Å²) in [5.41, 5.74) is 1.43. The Labute approximate surface area is 236 Å². The largest absolute Gasteiger partial charge is 0.389 e. The topological polar surface area (TPSA) is 132 Å². The van der Waals surface area contributed by atoms with E-state index in [-0.39, 0.29) is 5.82 Å². The van der Waals surface area contributed by atoms with Crippen molar-refractivity contribution in [2.75, 3.05) is 36.0 Å². The number of halogens is 1. The highest BCUT2D eigenvalue weighted by molar-refractivity contribution is 5.91. The maximum atomic E-state index is 13.3. The zero-order valence-electron chi connectivity index (χ0n) is 23.2. The van der Waals surface area contributed by atoms with Crippen LogP contribution < -0.4 is 9.80 Å². The Hall–Kier alpha value is -4.42. The van der Waals surface area contributed by atoms with Crippen molar-refractivity contribution in [3.8, 4) is 11.3 Å². The molecule has 212 valence electrons. The highest BCUT2D eigenvalue weighted by atomic mass is 19.1. The fraction of sp³-hybridized carbons (Fsp3) is 0.345. The van der Waals surface area contributed by atoms with Crippen LogP contribution in [-0.4, -0.2) is 76.7 Å². The van der Waals surface area contributed by atoms with Gasteiger partial charge in [-0.25, -0.2) is 24.3 Å². The Balaban J connectivity index is 1.15. The lowest BCUT2D eigenvalue weighted by molar-refractivity contribution is 0.0577. The third-order valence-corrected chi connectivity index (χ3v) is 7.37. The average molecular weight is 558 g/mol. The molecule has 5 heterocycles. The van der Waals surface area contributed by atoms with Gasteiger partial charge < -0.3 is 25.0 Å². The fourth-order valence-electron chi connectivity index (χ4n) is 5.12. The smallest absolute Gasteiger partial charge is 0.225 e. The number of nitrogens with one attached hydrogen (secondary N) is 1. The quantitative estimate of drug-likeness (QED) is 0.276. The number of aliphatic hydroxyl groups is 2. The van der Waals surface area contributed by atoms with Crippen molar-refractivity contribution < 1.29 is 14.6 Å². The van der Waals surface area contributed by atoms with Gasteiger partial charge in [0, 0.05) is 55.9 Å². The molecule has 1 aliphatic rings. The van der Waals surface area contributed by atoms with Crippen LogP contribution in [0.15, 0.2) is 61.4 Å². The SMILES string of the molecule is CC(C)(O)Cn1cc(-c2cc3c(N4CCN(c5ncc(C(C)(O)c6ccc(F)cc6)cn5)CC4)ncnc3[nH]2)cn1. The first-order chi connectivity index (χ1) is 19.6. The summed E-state index contributed by atoms with van der Waals surface area (Å²) in [6.45, 7) is 8.36. The number of hydrogen-bond acceptors (Lipinski definition) is 9. The van der Waals surface area contributed by atoms with Crippen LogP contribution in [0.25, 0.3) is 22.3 Å². The van der Waals surface area contributed by atoms with Crippen LogP contribution >= 0.6 is 0 Å². The molecule has 0 amide bonds. The molecule has 1 fully saturated rings. The molecule has 1 aromatic carbocycles. The molecule has 0 aliphatic carbocycles. The van der Waals surface area contributed by atoms with Gasteiger partial charge in [0.25, 0.3) is 0 Å². The molecule has 5 aromatic rings. The van der Waals surface area contributed by atoms with Crippen molar-refractivity contribution in [3.05, 3.63) is 78.4 Å². The molecule has 41 heavy (non-hydrogen) atoms. The second kappa shape index (κ2) is 10.2. The van der Waals surface area contributed by atoms with Crippen molar-refractivity contribution in [1.29, 1.82) is 0 Å². The van der Waals surface area contributed by atoms with E-state index in [1.54, 1.807) is 62.5 Å². The second-order valence-corrected chi connectivity index (χ2v) is 11.2. The maximum Gasteiger partial charge on any atom is 0.225 e. The van der Waals surface area contributed by atoms with Gasteiger partial charge in [-0.15, -0.1) is 0 Å². The van der Waals surface area contributed by atoms with E-state index in [0.717, 1.165) is 28.1 Å². The minimum Gasteiger partial charge on any atom is -0.389 e. The molecule has 1 unspecified atom stereocenters. The number of anilines is 2. The summed E-state index contributed by atoms with van der Waals surface area (Å²) in [5.74, 6) is 1.08. The summed E-state index contributed by atoms with van der Waals surface area (Å²) in [6, 6.07) is 7.81. The molecule has 12 heteroatoms. The van der Waals surface area contributed by atoms with E-state index in [1.807, 2.05) is 12.3 Å². The van der Waals surface area contributed by atoms with E-state index in [4.69, 9.17) is 0 Å². The lowest BCUT2D eigenvalue weighted by Gasteiger charge is -2.35. The van der Waals surface area contributed by atoms with Crippen molar-refractivity contribution >= 4 is 22.8 Å². The molecule has 6 rings (SSSR count). The monoisotopic (exact) mass is 557 g/mol. The molecule has 0 bridgehead atoms. The lowest BCUT2D eigenvalue weighted by Crippen LogP contribution is -2.47. The van der Waals surface area contributed by atoms with Crippen molar-refractivity contribution in [1.82, 2.24) is 34.7 Å². The first-order valence-electron chi connectivity index (χ1n) is 13.5. The van der Waals surface area contributed by atoms with E-state index < -0.39 is 11.2 Å². The van der Waals surface area contributed by atoms with Gasteiger partial charge in [0.15, 0.2) is 0 Å². The number of fused-ring (bicyclic) bond motifs is 1. The normalized spacial score (nSPS) is 15.9.